The summed E-state index contributed by atoms with van der Waals surface area (Å²) in [4.78, 5) is 0.476. The minimum absolute atomic E-state index is 0.129. The van der Waals surface area contributed by atoms with Crippen molar-refractivity contribution in [2.45, 2.75) is 30.7 Å². The number of hydrogen-bond acceptors (Lipinski definition) is 3. The molecule has 0 saturated carbocycles. The molecule has 0 amide bonds. The van der Waals surface area contributed by atoms with E-state index in [1.165, 1.54) is 0 Å². The van der Waals surface area contributed by atoms with E-state index < -0.39 is 9.84 Å². The zero-order valence-corrected chi connectivity index (χ0v) is 10.3. The summed E-state index contributed by atoms with van der Waals surface area (Å²) < 4.78 is 24.3. The van der Waals surface area contributed by atoms with Crippen molar-refractivity contribution in [2.24, 2.45) is 0 Å². The van der Waals surface area contributed by atoms with E-state index in [9.17, 15) is 8.42 Å². The number of nitrogens with one attached hydrogen (secondary N) is 1. The lowest BCUT2D eigenvalue weighted by Gasteiger charge is -2.12. The Morgan fingerprint density at radius 2 is 2.12 bits per heavy atom. The van der Waals surface area contributed by atoms with Gasteiger partial charge in [-0.3, -0.25) is 0 Å². The van der Waals surface area contributed by atoms with Crippen LogP contribution in [0.15, 0.2) is 29.2 Å². The zero-order valence-electron chi connectivity index (χ0n) is 9.44. The normalized spacial score (nSPS) is 21.2. The van der Waals surface area contributed by atoms with Crippen molar-refractivity contribution in [3.05, 3.63) is 29.8 Å². The summed E-state index contributed by atoms with van der Waals surface area (Å²) in [5, 5.41) is 3.22. The predicted octanol–water partition coefficient (Wildman–Crippen LogP) is 1.52. The summed E-state index contributed by atoms with van der Waals surface area (Å²) >= 11 is 0. The topological polar surface area (TPSA) is 46.2 Å². The minimum atomic E-state index is -3.14. The third-order valence-corrected chi connectivity index (χ3v) is 4.98. The van der Waals surface area contributed by atoms with Gasteiger partial charge in [0.15, 0.2) is 9.84 Å². The fraction of sp³-hybridized carbons (Fsp3) is 0.500. The first-order chi connectivity index (χ1) is 7.59. The van der Waals surface area contributed by atoms with Gasteiger partial charge in [0, 0.05) is 6.04 Å². The first-order valence-corrected chi connectivity index (χ1v) is 7.26. The Bertz CT molecular complexity index is 462. The molecule has 1 saturated heterocycles. The van der Waals surface area contributed by atoms with Gasteiger partial charge in [0.1, 0.15) is 0 Å². The van der Waals surface area contributed by atoms with Gasteiger partial charge in [-0.15, -0.1) is 0 Å². The highest BCUT2D eigenvalue weighted by Gasteiger charge is 2.24. The van der Waals surface area contributed by atoms with Crippen molar-refractivity contribution in [3.63, 3.8) is 0 Å². The van der Waals surface area contributed by atoms with Crippen LogP contribution in [-0.4, -0.2) is 26.8 Å². The van der Waals surface area contributed by atoms with Gasteiger partial charge in [0.2, 0.25) is 0 Å². The van der Waals surface area contributed by atoms with Crippen LogP contribution in [0.4, 0.5) is 0 Å². The van der Waals surface area contributed by atoms with Crippen LogP contribution >= 0.6 is 0 Å². The van der Waals surface area contributed by atoms with E-state index in [1.807, 2.05) is 19.1 Å². The molecule has 3 nitrogen and oxygen atoms in total. The molecule has 1 N–H and O–H groups in total. The average Bonchev–Trinajstić information content (AvgIpc) is 2.70. The molecular weight excluding hydrogens is 222 g/mol. The number of benzene rings is 1. The van der Waals surface area contributed by atoms with Gasteiger partial charge in [-0.2, -0.15) is 0 Å². The van der Waals surface area contributed by atoms with Crippen molar-refractivity contribution >= 4 is 9.84 Å². The van der Waals surface area contributed by atoms with E-state index in [2.05, 4.69) is 5.32 Å². The van der Waals surface area contributed by atoms with E-state index in [0.29, 0.717) is 4.90 Å². The number of sulfone groups is 1. The van der Waals surface area contributed by atoms with Crippen LogP contribution in [0.3, 0.4) is 0 Å². The third kappa shape index (κ3) is 2.44. The summed E-state index contributed by atoms with van der Waals surface area (Å²) in [7, 11) is -3.14. The highest BCUT2D eigenvalue weighted by molar-refractivity contribution is 7.91. The van der Waals surface area contributed by atoms with Crippen molar-refractivity contribution in [2.75, 3.05) is 12.3 Å². The highest BCUT2D eigenvalue weighted by atomic mass is 32.2. The lowest BCUT2D eigenvalue weighted by molar-refractivity contribution is 0.576. The van der Waals surface area contributed by atoms with E-state index in [0.717, 1.165) is 24.9 Å². The van der Waals surface area contributed by atoms with Gasteiger partial charge in [-0.05, 0) is 37.9 Å². The molecule has 1 heterocycles. The Morgan fingerprint density at radius 1 is 1.38 bits per heavy atom. The number of rotatable bonds is 3. The van der Waals surface area contributed by atoms with E-state index >= 15 is 0 Å². The SMILES string of the molecule is Cc1ccccc1S(=O)(=O)CC1CCCN1. The largest absolute Gasteiger partial charge is 0.313 e. The van der Waals surface area contributed by atoms with Crippen LogP contribution in [0.2, 0.25) is 0 Å². The second kappa shape index (κ2) is 4.55. The second-order valence-corrected chi connectivity index (χ2v) is 6.34. The first-order valence-electron chi connectivity index (χ1n) is 5.61. The molecule has 1 unspecified atom stereocenters. The Labute approximate surface area is 96.8 Å². The molecule has 1 fully saturated rings. The maximum atomic E-state index is 12.2. The predicted molar refractivity (Wildman–Crippen MR) is 64.3 cm³/mol. The molecule has 0 radical (unpaired) electrons. The lowest BCUT2D eigenvalue weighted by atomic mass is 10.2. The van der Waals surface area contributed by atoms with Crippen LogP contribution in [-0.2, 0) is 9.84 Å². The zero-order chi connectivity index (χ0) is 11.6. The summed E-state index contributed by atoms with van der Waals surface area (Å²) in [6.45, 7) is 2.78. The molecule has 16 heavy (non-hydrogen) atoms. The molecule has 1 atom stereocenters. The molecule has 4 heteroatoms. The fourth-order valence-corrected chi connectivity index (χ4v) is 4.00. The third-order valence-electron chi connectivity index (χ3n) is 3.01. The van der Waals surface area contributed by atoms with E-state index in [-0.39, 0.29) is 11.8 Å². The molecule has 0 bridgehead atoms. The molecule has 2 rings (SSSR count). The van der Waals surface area contributed by atoms with E-state index in [4.69, 9.17) is 0 Å². The molecule has 1 aliphatic rings. The maximum Gasteiger partial charge on any atom is 0.180 e. The lowest BCUT2D eigenvalue weighted by Crippen LogP contribution is -2.30. The summed E-state index contributed by atoms with van der Waals surface area (Å²) in [6, 6.07) is 7.31. The van der Waals surface area contributed by atoms with Crippen LogP contribution in [0, 0.1) is 6.92 Å². The van der Waals surface area contributed by atoms with Gasteiger partial charge >= 0.3 is 0 Å². The molecule has 1 aromatic carbocycles. The second-order valence-electron chi connectivity index (χ2n) is 4.34. The Kier molecular flexibility index (Phi) is 3.30. The van der Waals surface area contributed by atoms with Crippen molar-refractivity contribution in [1.29, 1.82) is 0 Å². The molecule has 1 aliphatic heterocycles. The van der Waals surface area contributed by atoms with Crippen molar-refractivity contribution in [1.82, 2.24) is 5.32 Å². The van der Waals surface area contributed by atoms with Gasteiger partial charge in [0.25, 0.3) is 0 Å². The molecule has 88 valence electrons. The molecule has 1 aromatic rings. The minimum Gasteiger partial charge on any atom is -0.313 e. The van der Waals surface area contributed by atoms with E-state index in [1.54, 1.807) is 12.1 Å². The molecular formula is C12H17NO2S. The first kappa shape index (κ1) is 11.6. The van der Waals surface area contributed by atoms with Crippen LogP contribution in [0.5, 0.6) is 0 Å². The maximum absolute atomic E-state index is 12.2. The fourth-order valence-electron chi connectivity index (χ4n) is 2.16. The molecule has 0 spiro atoms. The van der Waals surface area contributed by atoms with Crippen molar-refractivity contribution in [3.8, 4) is 0 Å². The number of hydrogen-bond donors (Lipinski definition) is 1. The quantitative estimate of drug-likeness (QED) is 0.870. The summed E-state index contributed by atoms with van der Waals surface area (Å²) in [6.07, 6.45) is 2.04. The van der Waals surface area contributed by atoms with Gasteiger partial charge in [0.05, 0.1) is 10.6 Å². The summed E-state index contributed by atoms with van der Waals surface area (Å²) in [5.74, 6) is 0.220. The molecule has 0 aromatic heterocycles. The van der Waals surface area contributed by atoms with Crippen LogP contribution < -0.4 is 5.32 Å². The standard InChI is InChI=1S/C12H17NO2S/c1-10-5-2-3-7-12(10)16(14,15)9-11-6-4-8-13-11/h2-3,5,7,11,13H,4,6,8-9H2,1H3. The average molecular weight is 239 g/mol. The smallest absolute Gasteiger partial charge is 0.180 e. The van der Waals surface area contributed by atoms with Crippen LogP contribution in [0.1, 0.15) is 18.4 Å². The Morgan fingerprint density at radius 3 is 2.75 bits per heavy atom. The van der Waals surface area contributed by atoms with Crippen molar-refractivity contribution < 1.29 is 8.42 Å². The summed E-state index contributed by atoms with van der Waals surface area (Å²) in [5.41, 5.74) is 0.834. The number of aryl methyl sites for hydroxylation is 1. The Hall–Kier alpha value is -0.870. The Balaban J connectivity index is 2.21. The van der Waals surface area contributed by atoms with Gasteiger partial charge in [-0.25, -0.2) is 8.42 Å². The van der Waals surface area contributed by atoms with Gasteiger partial charge < -0.3 is 5.32 Å². The monoisotopic (exact) mass is 239 g/mol. The molecule has 0 aliphatic carbocycles. The van der Waals surface area contributed by atoms with Crippen LogP contribution in [0.25, 0.3) is 0 Å². The highest BCUT2D eigenvalue weighted by Crippen LogP contribution is 2.18. The van der Waals surface area contributed by atoms with Gasteiger partial charge in [-0.1, -0.05) is 18.2 Å².